The number of hydrogen-bond donors (Lipinski definition) is 5. The van der Waals surface area contributed by atoms with Gasteiger partial charge in [0.2, 0.25) is 5.91 Å². The van der Waals surface area contributed by atoms with Crippen molar-refractivity contribution in [2.24, 2.45) is 22.6 Å². The summed E-state index contributed by atoms with van der Waals surface area (Å²) in [6.07, 6.45) is 2.55. The van der Waals surface area contributed by atoms with Gasteiger partial charge in [-0.2, -0.15) is 0 Å². The molecule has 166 valence electrons. The highest BCUT2D eigenvalue weighted by atomic mass is 16.7. The summed E-state index contributed by atoms with van der Waals surface area (Å²) in [6, 6.07) is 0. The van der Waals surface area contributed by atoms with Gasteiger partial charge in [0, 0.05) is 25.3 Å². The van der Waals surface area contributed by atoms with Crippen molar-refractivity contribution in [1.82, 2.24) is 10.7 Å². The van der Waals surface area contributed by atoms with Gasteiger partial charge in [0.25, 0.3) is 5.96 Å². The van der Waals surface area contributed by atoms with Crippen LogP contribution in [0.15, 0.2) is 17.6 Å². The van der Waals surface area contributed by atoms with Crippen LogP contribution in [0.4, 0.5) is 0 Å². The Balaban J connectivity index is 0. The van der Waals surface area contributed by atoms with Crippen molar-refractivity contribution in [2.45, 2.75) is 59.3 Å². The molecular formula is C17H34BN5O6. The summed E-state index contributed by atoms with van der Waals surface area (Å²) in [5.41, 5.74) is 7.02. The van der Waals surface area contributed by atoms with E-state index in [0.29, 0.717) is 12.8 Å². The molecule has 2 atom stereocenters. The molecule has 0 radical (unpaired) electrons. The fourth-order valence-corrected chi connectivity index (χ4v) is 2.57. The molecule has 0 rings (SSSR count). The summed E-state index contributed by atoms with van der Waals surface area (Å²) in [5, 5.41) is 31.0. The van der Waals surface area contributed by atoms with Crippen LogP contribution >= 0.6 is 0 Å². The highest BCUT2D eigenvalue weighted by Gasteiger charge is 2.29. The molecule has 0 fully saturated rings. The van der Waals surface area contributed by atoms with Crippen molar-refractivity contribution in [3.63, 3.8) is 0 Å². The number of hydrogen-bond acceptors (Lipinski definition) is 7. The molecule has 0 saturated heterocycles. The maximum absolute atomic E-state index is 12.6. The van der Waals surface area contributed by atoms with Gasteiger partial charge in [-0.05, 0) is 25.2 Å². The van der Waals surface area contributed by atoms with Crippen LogP contribution < -0.4 is 16.5 Å². The van der Waals surface area contributed by atoms with E-state index in [9.17, 15) is 29.8 Å². The zero-order chi connectivity index (χ0) is 21.7. The third-order valence-corrected chi connectivity index (χ3v) is 3.83. The molecule has 0 bridgehead atoms. The number of carbonyl (C=O) groups is 2. The zero-order valence-electron chi connectivity index (χ0n) is 16.3. The summed E-state index contributed by atoms with van der Waals surface area (Å²) in [5.74, 6) is -2.40. The summed E-state index contributed by atoms with van der Waals surface area (Å²) in [4.78, 5) is 38.5. The minimum Gasteiger partial charge on any atom is -0.426 e. The number of amides is 1. The Kier molecular flexibility index (Phi) is 15.3. The minimum atomic E-state index is -1.71. The molecule has 0 aromatic rings. The number of aliphatic imine (C=N–C) groups is 1. The second-order valence-corrected chi connectivity index (χ2v) is 6.87. The minimum absolute atomic E-state index is 0. The molecule has 0 saturated carbocycles. The van der Waals surface area contributed by atoms with Gasteiger partial charge < -0.3 is 21.1 Å². The summed E-state index contributed by atoms with van der Waals surface area (Å²) in [7, 11) is -1.71. The van der Waals surface area contributed by atoms with Crippen molar-refractivity contribution >= 4 is 24.8 Å². The number of hydrazine groups is 1. The Morgan fingerprint density at radius 1 is 1.38 bits per heavy atom. The molecule has 0 heterocycles. The highest BCUT2D eigenvalue weighted by Crippen LogP contribution is 2.16. The molecule has 0 aromatic heterocycles. The summed E-state index contributed by atoms with van der Waals surface area (Å²) >= 11 is 0. The zero-order valence-corrected chi connectivity index (χ0v) is 16.3. The van der Waals surface area contributed by atoms with E-state index in [-0.39, 0.29) is 50.9 Å². The molecule has 6 N–H and O–H groups in total. The van der Waals surface area contributed by atoms with Crippen molar-refractivity contribution in [3.8, 4) is 0 Å². The maximum atomic E-state index is 12.6. The van der Waals surface area contributed by atoms with E-state index in [0.717, 1.165) is 0 Å². The highest BCUT2D eigenvalue weighted by molar-refractivity contribution is 6.43. The number of nitro groups is 1. The van der Waals surface area contributed by atoms with Gasteiger partial charge in [-0.1, -0.05) is 32.8 Å². The lowest BCUT2D eigenvalue weighted by molar-refractivity contribution is -0.525. The molecule has 0 aliphatic carbocycles. The van der Waals surface area contributed by atoms with Crippen LogP contribution in [0, 0.1) is 22.0 Å². The second-order valence-electron chi connectivity index (χ2n) is 6.87. The lowest BCUT2D eigenvalue weighted by atomic mass is 9.74. The van der Waals surface area contributed by atoms with E-state index in [1.54, 1.807) is 5.43 Å². The molecular weight excluding hydrogens is 381 g/mol. The number of nitrogens with zero attached hydrogens (tertiary/aromatic N) is 2. The average Bonchev–Trinajstić information content (AvgIpc) is 2.55. The number of carbonyl (C=O) groups excluding carboxylic acids is 2. The standard InChI is InChI=1S/C16H30BN5O6.CH4/c1-4-6-13(23)10-12(7-5-8-19-16(18)21-22(27)28)15(24)20-14(17(25)26)9-11(2)3;/h4,11-12,14,25-26H,1,5-10H2,2-3H3,(H,20,24)(H3,18,19,21);1H4/t12-,14+;/m1./s1. The van der Waals surface area contributed by atoms with Gasteiger partial charge in [-0.15, -0.1) is 6.58 Å². The largest absolute Gasteiger partial charge is 0.475 e. The number of guanidine groups is 1. The number of nitrogens with one attached hydrogen (secondary N) is 2. The van der Waals surface area contributed by atoms with E-state index >= 15 is 0 Å². The Morgan fingerprint density at radius 3 is 2.48 bits per heavy atom. The van der Waals surface area contributed by atoms with Gasteiger partial charge in [-0.25, -0.2) is 15.1 Å². The van der Waals surface area contributed by atoms with Gasteiger partial charge in [0.05, 0.1) is 5.94 Å². The summed E-state index contributed by atoms with van der Waals surface area (Å²) < 4.78 is 0. The number of nitrogens with two attached hydrogens (primary N) is 1. The topological polar surface area (TPSA) is 180 Å². The molecule has 0 unspecified atom stereocenters. The Hall–Kier alpha value is -2.47. The van der Waals surface area contributed by atoms with Gasteiger partial charge in [0.15, 0.2) is 5.03 Å². The normalized spacial score (nSPS) is 13.1. The van der Waals surface area contributed by atoms with Crippen LogP contribution in [0.5, 0.6) is 0 Å². The van der Waals surface area contributed by atoms with Crippen molar-refractivity contribution < 1.29 is 24.7 Å². The van der Waals surface area contributed by atoms with Crippen LogP contribution in [0.3, 0.4) is 0 Å². The smallest absolute Gasteiger partial charge is 0.426 e. The molecule has 0 aromatic carbocycles. The van der Waals surface area contributed by atoms with Crippen molar-refractivity contribution in [3.05, 3.63) is 22.8 Å². The molecule has 12 heteroatoms. The lowest BCUT2D eigenvalue weighted by Crippen LogP contribution is -2.49. The van der Waals surface area contributed by atoms with Crippen molar-refractivity contribution in [2.75, 3.05) is 6.54 Å². The Labute approximate surface area is 172 Å². The number of ketones is 1. The van der Waals surface area contributed by atoms with Gasteiger partial charge in [0.1, 0.15) is 5.78 Å². The quantitative estimate of drug-likeness (QED) is 0.0507. The lowest BCUT2D eigenvalue weighted by Gasteiger charge is -2.23. The predicted octanol–water partition coefficient (Wildman–Crippen LogP) is 0.193. The third kappa shape index (κ3) is 14.2. The maximum Gasteiger partial charge on any atom is 0.475 e. The van der Waals surface area contributed by atoms with Crippen LogP contribution in [0.2, 0.25) is 0 Å². The van der Waals surface area contributed by atoms with E-state index < -0.39 is 29.9 Å². The number of rotatable bonds is 14. The van der Waals surface area contributed by atoms with Crippen LogP contribution in [-0.4, -0.2) is 52.3 Å². The molecule has 1 amide bonds. The average molecular weight is 415 g/mol. The molecule has 11 nitrogen and oxygen atoms in total. The first-order chi connectivity index (χ1) is 13.1. The fourth-order valence-electron chi connectivity index (χ4n) is 2.57. The fraction of sp³-hybridized carbons (Fsp3) is 0.706. The summed E-state index contributed by atoms with van der Waals surface area (Å²) in [6.45, 7) is 7.39. The van der Waals surface area contributed by atoms with Gasteiger partial charge >= 0.3 is 7.12 Å². The Morgan fingerprint density at radius 2 is 2.00 bits per heavy atom. The monoisotopic (exact) mass is 415 g/mol. The number of allylic oxidation sites excluding steroid dienone is 1. The molecule has 0 spiro atoms. The van der Waals surface area contributed by atoms with Crippen LogP contribution in [-0.2, 0) is 9.59 Å². The third-order valence-electron chi connectivity index (χ3n) is 3.83. The second kappa shape index (κ2) is 15.5. The predicted molar refractivity (Wildman–Crippen MR) is 112 cm³/mol. The number of Topliss-reactive ketones (excluding diaryl/α,β-unsaturated/α-hetero) is 1. The van der Waals surface area contributed by atoms with Crippen molar-refractivity contribution in [1.29, 1.82) is 0 Å². The van der Waals surface area contributed by atoms with E-state index in [1.807, 2.05) is 13.8 Å². The first-order valence-electron chi connectivity index (χ1n) is 9.06. The first-order valence-corrected chi connectivity index (χ1v) is 9.06. The Bertz CT molecular complexity index is 571. The molecule has 29 heavy (non-hydrogen) atoms. The van der Waals surface area contributed by atoms with E-state index in [2.05, 4.69) is 16.9 Å². The first kappa shape index (κ1) is 28.7. The SMILES string of the molecule is C.C=CCC(=O)C[C@@H](CCCN=C(N)N[N+](=O)[O-])C(=O)N[C@@H](CC(C)C)B(O)O. The van der Waals surface area contributed by atoms with E-state index in [4.69, 9.17) is 5.73 Å². The molecule has 0 aliphatic heterocycles. The van der Waals surface area contributed by atoms with Crippen LogP contribution in [0.1, 0.15) is 53.4 Å². The molecule has 0 aliphatic rings. The van der Waals surface area contributed by atoms with Crippen LogP contribution in [0.25, 0.3) is 0 Å². The van der Waals surface area contributed by atoms with E-state index in [1.165, 1.54) is 6.08 Å². The van der Waals surface area contributed by atoms with Gasteiger partial charge in [-0.3, -0.25) is 9.59 Å².